The second-order valence-electron chi connectivity index (χ2n) is 6.05. The SMILES string of the molecule is O=C(Nc1cc2[nH]c(-c3cccnc3)cc2cn1)C1CCCC1. The van der Waals surface area contributed by atoms with E-state index in [4.69, 9.17) is 0 Å². The molecular weight excluding hydrogens is 288 g/mol. The van der Waals surface area contributed by atoms with E-state index in [0.29, 0.717) is 5.82 Å². The van der Waals surface area contributed by atoms with E-state index >= 15 is 0 Å². The molecule has 2 N–H and O–H groups in total. The van der Waals surface area contributed by atoms with Crippen molar-refractivity contribution >= 4 is 22.6 Å². The smallest absolute Gasteiger partial charge is 0.228 e. The maximum absolute atomic E-state index is 12.2. The van der Waals surface area contributed by atoms with Crippen molar-refractivity contribution in [2.75, 3.05) is 5.32 Å². The van der Waals surface area contributed by atoms with Crippen LogP contribution in [0.3, 0.4) is 0 Å². The summed E-state index contributed by atoms with van der Waals surface area (Å²) in [5.74, 6) is 0.837. The van der Waals surface area contributed by atoms with E-state index in [1.165, 1.54) is 0 Å². The van der Waals surface area contributed by atoms with Gasteiger partial charge in [0.25, 0.3) is 0 Å². The zero-order valence-electron chi connectivity index (χ0n) is 12.7. The van der Waals surface area contributed by atoms with Crippen LogP contribution in [0.4, 0.5) is 5.82 Å². The molecule has 0 saturated heterocycles. The molecular formula is C18H18N4O. The molecule has 1 fully saturated rings. The first-order valence-corrected chi connectivity index (χ1v) is 7.99. The van der Waals surface area contributed by atoms with E-state index in [1.807, 2.05) is 30.5 Å². The molecule has 0 spiro atoms. The number of H-pyrrole nitrogens is 1. The molecule has 23 heavy (non-hydrogen) atoms. The van der Waals surface area contributed by atoms with Gasteiger partial charge in [0.1, 0.15) is 5.82 Å². The Morgan fingerprint density at radius 2 is 2.09 bits per heavy atom. The zero-order chi connectivity index (χ0) is 15.6. The third kappa shape index (κ3) is 2.82. The Labute approximate surface area is 134 Å². The molecule has 1 saturated carbocycles. The van der Waals surface area contributed by atoms with E-state index < -0.39 is 0 Å². The number of aromatic amines is 1. The van der Waals surface area contributed by atoms with Crippen LogP contribution >= 0.6 is 0 Å². The molecule has 0 atom stereocenters. The number of nitrogens with one attached hydrogen (secondary N) is 2. The molecule has 1 amide bonds. The number of aromatic nitrogens is 3. The number of anilines is 1. The second kappa shape index (κ2) is 5.83. The molecule has 3 aromatic rings. The Kier molecular flexibility index (Phi) is 3.54. The van der Waals surface area contributed by atoms with Gasteiger partial charge < -0.3 is 10.3 Å². The highest BCUT2D eigenvalue weighted by Gasteiger charge is 2.22. The van der Waals surface area contributed by atoms with Crippen molar-refractivity contribution in [3.63, 3.8) is 0 Å². The zero-order valence-corrected chi connectivity index (χ0v) is 12.7. The van der Waals surface area contributed by atoms with Crippen LogP contribution in [-0.2, 0) is 4.79 Å². The third-order valence-electron chi connectivity index (χ3n) is 4.45. The van der Waals surface area contributed by atoms with Gasteiger partial charge in [-0.05, 0) is 31.0 Å². The standard InChI is InChI=1S/C18H18N4O/c23-18(12-4-1-2-5-12)22-17-9-16-14(11-20-17)8-15(21-16)13-6-3-7-19-10-13/h3,6-12,21H,1-2,4-5H2,(H,20,22,23). The number of carbonyl (C=O) groups is 1. The minimum atomic E-state index is 0.0911. The maximum atomic E-state index is 12.2. The Morgan fingerprint density at radius 3 is 2.87 bits per heavy atom. The molecule has 1 aliphatic rings. The fraction of sp³-hybridized carbons (Fsp3) is 0.278. The third-order valence-corrected chi connectivity index (χ3v) is 4.45. The van der Waals surface area contributed by atoms with Gasteiger partial charge in [0, 0.05) is 47.2 Å². The number of pyridine rings is 2. The molecule has 4 rings (SSSR count). The van der Waals surface area contributed by atoms with Gasteiger partial charge in [-0.2, -0.15) is 0 Å². The molecule has 0 unspecified atom stereocenters. The number of fused-ring (bicyclic) bond motifs is 1. The van der Waals surface area contributed by atoms with E-state index in [-0.39, 0.29) is 11.8 Å². The summed E-state index contributed by atoms with van der Waals surface area (Å²) in [6.45, 7) is 0. The fourth-order valence-corrected chi connectivity index (χ4v) is 3.19. The molecule has 0 aromatic carbocycles. The summed E-state index contributed by atoms with van der Waals surface area (Å²) >= 11 is 0. The van der Waals surface area contributed by atoms with Crippen molar-refractivity contribution in [2.45, 2.75) is 25.7 Å². The van der Waals surface area contributed by atoms with Crippen LogP contribution in [0.5, 0.6) is 0 Å². The van der Waals surface area contributed by atoms with Crippen molar-refractivity contribution in [2.24, 2.45) is 5.92 Å². The van der Waals surface area contributed by atoms with Crippen LogP contribution in [0.25, 0.3) is 22.2 Å². The molecule has 116 valence electrons. The average molecular weight is 306 g/mol. The molecule has 3 heterocycles. The van der Waals surface area contributed by atoms with Crippen molar-refractivity contribution < 1.29 is 4.79 Å². The van der Waals surface area contributed by atoms with Gasteiger partial charge in [0.2, 0.25) is 5.91 Å². The molecule has 5 heteroatoms. The molecule has 0 bridgehead atoms. The fourth-order valence-electron chi connectivity index (χ4n) is 3.19. The van der Waals surface area contributed by atoms with Crippen LogP contribution in [0.1, 0.15) is 25.7 Å². The maximum Gasteiger partial charge on any atom is 0.228 e. The number of carbonyl (C=O) groups excluding carboxylic acids is 1. The monoisotopic (exact) mass is 306 g/mol. The summed E-state index contributed by atoms with van der Waals surface area (Å²) in [4.78, 5) is 24.1. The first-order valence-electron chi connectivity index (χ1n) is 7.99. The first-order chi connectivity index (χ1) is 11.3. The largest absolute Gasteiger partial charge is 0.354 e. The predicted octanol–water partition coefficient (Wildman–Crippen LogP) is 3.75. The van der Waals surface area contributed by atoms with E-state index in [2.05, 4.69) is 20.3 Å². The van der Waals surface area contributed by atoms with Crippen LogP contribution < -0.4 is 5.32 Å². The molecule has 5 nitrogen and oxygen atoms in total. The van der Waals surface area contributed by atoms with Gasteiger partial charge in [-0.15, -0.1) is 0 Å². The lowest BCUT2D eigenvalue weighted by Gasteiger charge is -2.09. The molecule has 3 aromatic heterocycles. The van der Waals surface area contributed by atoms with Gasteiger partial charge in [-0.3, -0.25) is 9.78 Å². The van der Waals surface area contributed by atoms with E-state index in [9.17, 15) is 4.79 Å². The minimum absolute atomic E-state index is 0.0911. The van der Waals surface area contributed by atoms with Crippen LogP contribution in [-0.4, -0.2) is 20.9 Å². The molecule has 0 aliphatic heterocycles. The quantitative estimate of drug-likeness (QED) is 0.774. The highest BCUT2D eigenvalue weighted by molar-refractivity contribution is 5.94. The van der Waals surface area contributed by atoms with Crippen molar-refractivity contribution in [3.05, 3.63) is 42.9 Å². The van der Waals surface area contributed by atoms with Gasteiger partial charge in [0.05, 0.1) is 5.52 Å². The van der Waals surface area contributed by atoms with Crippen LogP contribution in [0.15, 0.2) is 42.9 Å². The Hall–Kier alpha value is -2.69. The summed E-state index contributed by atoms with van der Waals surface area (Å²) in [7, 11) is 0. The number of rotatable bonds is 3. The van der Waals surface area contributed by atoms with Crippen molar-refractivity contribution in [3.8, 4) is 11.3 Å². The summed E-state index contributed by atoms with van der Waals surface area (Å²) in [6, 6.07) is 7.85. The van der Waals surface area contributed by atoms with E-state index in [1.54, 1.807) is 12.4 Å². The summed E-state index contributed by atoms with van der Waals surface area (Å²) in [5.41, 5.74) is 2.98. The predicted molar refractivity (Wildman–Crippen MR) is 89.9 cm³/mol. The van der Waals surface area contributed by atoms with Gasteiger partial charge >= 0.3 is 0 Å². The van der Waals surface area contributed by atoms with Crippen LogP contribution in [0.2, 0.25) is 0 Å². The Morgan fingerprint density at radius 1 is 1.22 bits per heavy atom. The van der Waals surface area contributed by atoms with Crippen molar-refractivity contribution in [1.29, 1.82) is 0 Å². The van der Waals surface area contributed by atoms with Crippen molar-refractivity contribution in [1.82, 2.24) is 15.0 Å². The lowest BCUT2D eigenvalue weighted by atomic mass is 10.1. The normalized spacial score (nSPS) is 15.1. The van der Waals surface area contributed by atoms with E-state index in [0.717, 1.165) is 47.8 Å². The number of amides is 1. The number of hydrogen-bond acceptors (Lipinski definition) is 3. The Balaban J connectivity index is 1.59. The Bertz CT molecular complexity index is 835. The van der Waals surface area contributed by atoms with Gasteiger partial charge in [-0.1, -0.05) is 12.8 Å². The lowest BCUT2D eigenvalue weighted by Crippen LogP contribution is -2.20. The number of nitrogens with zero attached hydrogens (tertiary/aromatic N) is 2. The summed E-state index contributed by atoms with van der Waals surface area (Å²) < 4.78 is 0. The lowest BCUT2D eigenvalue weighted by molar-refractivity contribution is -0.119. The van der Waals surface area contributed by atoms with Gasteiger partial charge in [0.15, 0.2) is 0 Å². The average Bonchev–Trinajstić information content (AvgIpc) is 3.25. The molecule has 1 aliphatic carbocycles. The second-order valence-corrected chi connectivity index (χ2v) is 6.05. The van der Waals surface area contributed by atoms with Crippen LogP contribution in [0, 0.1) is 5.92 Å². The van der Waals surface area contributed by atoms with Gasteiger partial charge in [-0.25, -0.2) is 4.98 Å². The minimum Gasteiger partial charge on any atom is -0.354 e. The molecule has 0 radical (unpaired) electrons. The first kappa shape index (κ1) is 13.9. The topological polar surface area (TPSA) is 70.7 Å². The highest BCUT2D eigenvalue weighted by atomic mass is 16.1. The summed E-state index contributed by atoms with van der Waals surface area (Å²) in [6.07, 6.45) is 9.63. The highest BCUT2D eigenvalue weighted by Crippen LogP contribution is 2.27. The number of hydrogen-bond donors (Lipinski definition) is 2. The summed E-state index contributed by atoms with van der Waals surface area (Å²) in [5, 5.41) is 3.96.